The van der Waals surface area contributed by atoms with Crippen molar-refractivity contribution < 1.29 is 19.1 Å². The van der Waals surface area contributed by atoms with Crippen molar-refractivity contribution in [1.82, 2.24) is 4.98 Å². The third-order valence-electron chi connectivity index (χ3n) is 4.44. The van der Waals surface area contributed by atoms with Gasteiger partial charge < -0.3 is 14.3 Å². The molecule has 0 radical (unpaired) electrons. The van der Waals surface area contributed by atoms with Crippen LogP contribution in [0.3, 0.4) is 0 Å². The molecule has 2 aliphatic rings. The van der Waals surface area contributed by atoms with E-state index < -0.39 is 5.97 Å². The van der Waals surface area contributed by atoms with Crippen molar-refractivity contribution in [2.45, 2.75) is 11.8 Å². The molecule has 2 aromatic rings. The van der Waals surface area contributed by atoms with Crippen LogP contribution in [0, 0.1) is 11.8 Å². The molecule has 19 heavy (non-hydrogen) atoms. The van der Waals surface area contributed by atoms with Crippen molar-refractivity contribution in [3.63, 3.8) is 0 Å². The van der Waals surface area contributed by atoms with E-state index in [1.165, 1.54) is 6.39 Å². The molecule has 5 heteroatoms. The number of hydrogen-bond donors (Lipinski definition) is 1. The molecule has 1 aliphatic heterocycles. The van der Waals surface area contributed by atoms with Crippen molar-refractivity contribution in [2.75, 3.05) is 13.2 Å². The van der Waals surface area contributed by atoms with Gasteiger partial charge in [0.1, 0.15) is 5.52 Å². The minimum atomic E-state index is -0.697. The van der Waals surface area contributed by atoms with Crippen molar-refractivity contribution in [1.29, 1.82) is 0 Å². The smallest absolute Gasteiger partial charge is 0.306 e. The quantitative estimate of drug-likeness (QED) is 0.910. The number of fused-ring (bicyclic) bond motifs is 1. The van der Waals surface area contributed by atoms with E-state index >= 15 is 0 Å². The van der Waals surface area contributed by atoms with Gasteiger partial charge in [-0.1, -0.05) is 6.07 Å². The van der Waals surface area contributed by atoms with Gasteiger partial charge in [0.15, 0.2) is 12.0 Å². The molecule has 0 spiro atoms. The lowest BCUT2D eigenvalue weighted by atomic mass is 9.73. The highest BCUT2D eigenvalue weighted by atomic mass is 16.5. The van der Waals surface area contributed by atoms with Crippen LogP contribution in [-0.4, -0.2) is 29.3 Å². The van der Waals surface area contributed by atoms with Crippen LogP contribution in [0.25, 0.3) is 11.1 Å². The van der Waals surface area contributed by atoms with Crippen LogP contribution in [0.1, 0.15) is 12.0 Å². The first-order valence-corrected chi connectivity index (χ1v) is 6.35. The minimum Gasteiger partial charge on any atom is -0.481 e. The third-order valence-corrected chi connectivity index (χ3v) is 4.44. The summed E-state index contributed by atoms with van der Waals surface area (Å²) < 4.78 is 10.7. The van der Waals surface area contributed by atoms with Gasteiger partial charge in [0.25, 0.3) is 0 Å². The van der Waals surface area contributed by atoms with Crippen LogP contribution in [0.5, 0.6) is 0 Å². The number of carboxylic acids is 1. The van der Waals surface area contributed by atoms with E-state index in [2.05, 4.69) is 4.98 Å². The Labute approximate surface area is 109 Å². The first-order chi connectivity index (χ1) is 9.21. The summed E-state index contributed by atoms with van der Waals surface area (Å²) >= 11 is 0. The maximum Gasteiger partial charge on any atom is 0.306 e. The van der Waals surface area contributed by atoms with Gasteiger partial charge in [0.05, 0.1) is 19.1 Å². The number of ether oxygens (including phenoxy) is 1. The fourth-order valence-corrected chi connectivity index (χ4v) is 3.16. The molecule has 98 valence electrons. The maximum atomic E-state index is 11.1. The molecule has 2 unspecified atom stereocenters. The zero-order valence-corrected chi connectivity index (χ0v) is 10.2. The van der Waals surface area contributed by atoms with Gasteiger partial charge in [-0.3, -0.25) is 4.79 Å². The fourth-order valence-electron chi connectivity index (χ4n) is 3.16. The zero-order valence-electron chi connectivity index (χ0n) is 10.2. The van der Waals surface area contributed by atoms with Crippen molar-refractivity contribution in [2.24, 2.45) is 11.8 Å². The number of aliphatic carboxylic acids is 1. The van der Waals surface area contributed by atoms with Crippen LogP contribution >= 0.6 is 0 Å². The minimum absolute atomic E-state index is 0.149. The molecule has 0 amide bonds. The number of hydrogen-bond acceptors (Lipinski definition) is 4. The van der Waals surface area contributed by atoms with Crippen LogP contribution in [0.2, 0.25) is 0 Å². The third kappa shape index (κ3) is 1.45. The summed E-state index contributed by atoms with van der Waals surface area (Å²) in [6.45, 7) is 1.20. The molecule has 1 saturated heterocycles. The van der Waals surface area contributed by atoms with E-state index in [-0.39, 0.29) is 17.3 Å². The van der Waals surface area contributed by atoms with Crippen molar-refractivity contribution in [3.8, 4) is 0 Å². The van der Waals surface area contributed by atoms with Gasteiger partial charge in [0, 0.05) is 5.41 Å². The molecule has 1 saturated carbocycles. The van der Waals surface area contributed by atoms with Crippen LogP contribution in [-0.2, 0) is 14.9 Å². The zero-order chi connectivity index (χ0) is 13.0. The summed E-state index contributed by atoms with van der Waals surface area (Å²) in [7, 11) is 0. The Bertz CT molecular complexity index is 658. The summed E-state index contributed by atoms with van der Waals surface area (Å²) in [5.74, 6) is -0.745. The molecule has 1 aliphatic carbocycles. The maximum absolute atomic E-state index is 11.1. The Kier molecular flexibility index (Phi) is 2.07. The molecule has 1 aromatic carbocycles. The molecule has 1 N–H and O–H groups in total. The second-order valence-electron chi connectivity index (χ2n) is 5.47. The lowest BCUT2D eigenvalue weighted by Gasteiger charge is -2.42. The normalized spacial score (nSPS) is 28.0. The Morgan fingerprint density at radius 3 is 2.89 bits per heavy atom. The second kappa shape index (κ2) is 3.57. The van der Waals surface area contributed by atoms with Crippen LogP contribution in [0.15, 0.2) is 29.0 Å². The molecule has 1 aromatic heterocycles. The first-order valence-electron chi connectivity index (χ1n) is 6.35. The van der Waals surface area contributed by atoms with Gasteiger partial charge in [0.2, 0.25) is 0 Å². The van der Waals surface area contributed by atoms with Gasteiger partial charge in [-0.05, 0) is 30.0 Å². The summed E-state index contributed by atoms with van der Waals surface area (Å²) in [5.41, 5.74) is 2.53. The second-order valence-corrected chi connectivity index (χ2v) is 5.47. The van der Waals surface area contributed by atoms with E-state index in [9.17, 15) is 4.79 Å². The highest BCUT2D eigenvalue weighted by Gasteiger charge is 2.60. The van der Waals surface area contributed by atoms with Crippen LogP contribution in [0.4, 0.5) is 0 Å². The Hall–Kier alpha value is -1.88. The summed E-state index contributed by atoms with van der Waals surface area (Å²) in [6, 6.07) is 5.92. The largest absolute Gasteiger partial charge is 0.481 e. The molecular weight excluding hydrogens is 246 g/mol. The number of oxazole rings is 1. The monoisotopic (exact) mass is 259 g/mol. The molecule has 2 atom stereocenters. The number of benzene rings is 1. The van der Waals surface area contributed by atoms with Crippen LogP contribution < -0.4 is 0 Å². The summed E-state index contributed by atoms with van der Waals surface area (Å²) in [5, 5.41) is 9.12. The SMILES string of the molecule is O=C(O)C1CC1C1(c2ccc3ncoc3c2)COC1. The van der Waals surface area contributed by atoms with Crippen molar-refractivity contribution >= 4 is 17.1 Å². The van der Waals surface area contributed by atoms with E-state index in [4.69, 9.17) is 14.3 Å². The number of aromatic nitrogens is 1. The van der Waals surface area contributed by atoms with E-state index in [0.29, 0.717) is 13.2 Å². The highest BCUT2D eigenvalue weighted by molar-refractivity contribution is 5.75. The van der Waals surface area contributed by atoms with Gasteiger partial charge in [-0.2, -0.15) is 0 Å². The lowest BCUT2D eigenvalue weighted by Crippen LogP contribution is -2.49. The highest BCUT2D eigenvalue weighted by Crippen LogP contribution is 2.56. The molecular formula is C14H13NO4. The van der Waals surface area contributed by atoms with E-state index in [0.717, 1.165) is 23.1 Å². The van der Waals surface area contributed by atoms with E-state index in [1.54, 1.807) is 0 Å². The number of nitrogens with zero attached hydrogens (tertiary/aromatic N) is 1. The average Bonchev–Trinajstić information content (AvgIpc) is 2.99. The summed E-state index contributed by atoms with van der Waals surface area (Å²) in [6.07, 6.45) is 2.17. The average molecular weight is 259 g/mol. The lowest BCUT2D eigenvalue weighted by molar-refractivity contribution is -0.140. The fraction of sp³-hybridized carbons (Fsp3) is 0.429. The standard InChI is InChI=1S/C14H13NO4/c16-13(17)9-4-10(9)14(5-18-6-14)8-1-2-11-12(3-8)19-7-15-11/h1-3,7,9-10H,4-6H2,(H,16,17). The Balaban J connectivity index is 1.74. The molecule has 2 heterocycles. The molecule has 0 bridgehead atoms. The molecule has 4 rings (SSSR count). The Morgan fingerprint density at radius 2 is 2.26 bits per heavy atom. The van der Waals surface area contributed by atoms with Gasteiger partial charge in [-0.15, -0.1) is 0 Å². The predicted molar refractivity (Wildman–Crippen MR) is 65.7 cm³/mol. The molecule has 5 nitrogen and oxygen atoms in total. The summed E-state index contributed by atoms with van der Waals surface area (Å²) in [4.78, 5) is 15.2. The Morgan fingerprint density at radius 1 is 1.42 bits per heavy atom. The van der Waals surface area contributed by atoms with Gasteiger partial charge in [-0.25, -0.2) is 4.98 Å². The first kappa shape index (κ1) is 11.0. The number of rotatable bonds is 3. The number of carbonyl (C=O) groups is 1. The van der Waals surface area contributed by atoms with Gasteiger partial charge >= 0.3 is 5.97 Å². The number of carboxylic acid groups (broad SMARTS) is 1. The topological polar surface area (TPSA) is 72.6 Å². The van der Waals surface area contributed by atoms with E-state index in [1.807, 2.05) is 18.2 Å². The predicted octanol–water partition coefficient (Wildman–Crippen LogP) is 1.82. The van der Waals surface area contributed by atoms with Crippen molar-refractivity contribution in [3.05, 3.63) is 30.2 Å². The molecule has 2 fully saturated rings.